The number of fused-ring (bicyclic) bond motifs is 2. The number of methoxy groups -OCH3 is 2. The number of rotatable bonds is 6. The molecule has 0 aliphatic carbocycles. The fourth-order valence-electron chi connectivity index (χ4n) is 4.63. The SMILES string of the molecule is COC(CNC(=O)[C@H]1[C@H]2C(=O)N(c3ccc4c(c3)OCO4)C[C@]23C=C[C@H]1O3)OC. The molecule has 2 amide bonds. The molecule has 0 radical (unpaired) electrons. The van der Waals surface area contributed by atoms with Crippen LogP contribution < -0.4 is 19.7 Å². The first-order valence-corrected chi connectivity index (χ1v) is 9.48. The van der Waals surface area contributed by atoms with Gasteiger partial charge in [-0.1, -0.05) is 12.2 Å². The van der Waals surface area contributed by atoms with Crippen molar-refractivity contribution in [3.63, 3.8) is 0 Å². The number of nitrogens with one attached hydrogen (secondary N) is 1. The van der Waals surface area contributed by atoms with Gasteiger partial charge in [0.2, 0.25) is 18.6 Å². The Labute approximate surface area is 167 Å². The van der Waals surface area contributed by atoms with E-state index in [2.05, 4.69) is 5.32 Å². The molecule has 9 nitrogen and oxygen atoms in total. The van der Waals surface area contributed by atoms with Crippen LogP contribution in [0.3, 0.4) is 0 Å². The first-order valence-electron chi connectivity index (χ1n) is 9.48. The summed E-state index contributed by atoms with van der Waals surface area (Å²) in [5.74, 6) is -0.298. The van der Waals surface area contributed by atoms with Crippen molar-refractivity contribution in [3.05, 3.63) is 30.4 Å². The normalized spacial score (nSPS) is 31.1. The molecule has 29 heavy (non-hydrogen) atoms. The van der Waals surface area contributed by atoms with E-state index >= 15 is 0 Å². The van der Waals surface area contributed by atoms with E-state index in [9.17, 15) is 9.59 Å². The van der Waals surface area contributed by atoms with E-state index in [0.717, 1.165) is 0 Å². The first kappa shape index (κ1) is 18.4. The van der Waals surface area contributed by atoms with Crippen LogP contribution in [0.5, 0.6) is 11.5 Å². The topological polar surface area (TPSA) is 95.6 Å². The minimum absolute atomic E-state index is 0.133. The number of benzene rings is 1. The predicted molar refractivity (Wildman–Crippen MR) is 99.5 cm³/mol. The molecule has 154 valence electrons. The van der Waals surface area contributed by atoms with Crippen molar-refractivity contribution in [1.29, 1.82) is 0 Å². The van der Waals surface area contributed by atoms with E-state index in [1.54, 1.807) is 17.0 Å². The lowest BCUT2D eigenvalue weighted by Crippen LogP contribution is -2.46. The van der Waals surface area contributed by atoms with Gasteiger partial charge in [-0.05, 0) is 12.1 Å². The Morgan fingerprint density at radius 3 is 2.90 bits per heavy atom. The van der Waals surface area contributed by atoms with Gasteiger partial charge in [0, 0.05) is 26.0 Å². The number of anilines is 1. The minimum atomic E-state index is -0.790. The maximum atomic E-state index is 13.3. The van der Waals surface area contributed by atoms with Gasteiger partial charge in [0.25, 0.3) is 0 Å². The smallest absolute Gasteiger partial charge is 0.234 e. The number of hydrogen-bond acceptors (Lipinski definition) is 7. The lowest BCUT2D eigenvalue weighted by atomic mass is 9.77. The van der Waals surface area contributed by atoms with E-state index in [-0.39, 0.29) is 25.2 Å². The van der Waals surface area contributed by atoms with Gasteiger partial charge in [0.05, 0.1) is 31.0 Å². The quantitative estimate of drug-likeness (QED) is 0.545. The molecule has 1 spiro atoms. The summed E-state index contributed by atoms with van der Waals surface area (Å²) in [6, 6.07) is 5.38. The lowest BCUT2D eigenvalue weighted by molar-refractivity contribution is -0.135. The summed E-state index contributed by atoms with van der Waals surface area (Å²) >= 11 is 0. The third-order valence-corrected chi connectivity index (χ3v) is 6.04. The summed E-state index contributed by atoms with van der Waals surface area (Å²) in [5.41, 5.74) is -0.0938. The van der Waals surface area contributed by atoms with Gasteiger partial charge in [-0.3, -0.25) is 9.59 Å². The van der Waals surface area contributed by atoms with Gasteiger partial charge < -0.3 is 33.9 Å². The zero-order chi connectivity index (χ0) is 20.2. The summed E-state index contributed by atoms with van der Waals surface area (Å²) in [6.07, 6.45) is 2.84. The molecule has 4 aliphatic heterocycles. The van der Waals surface area contributed by atoms with E-state index in [4.69, 9.17) is 23.7 Å². The fourth-order valence-corrected chi connectivity index (χ4v) is 4.63. The van der Waals surface area contributed by atoms with Crippen LogP contribution in [0.4, 0.5) is 5.69 Å². The zero-order valence-electron chi connectivity index (χ0n) is 16.1. The standard InChI is InChI=1S/C20H22N2O7/c1-25-15(26-2)8-21-18(23)16-13-5-6-20(29-13)9-22(19(24)17(16)20)11-3-4-12-14(7-11)28-10-27-12/h3-7,13,15-17H,8-10H2,1-2H3,(H,21,23)/t13-,16-,17+,20-/m1/s1. The molecule has 2 saturated heterocycles. The Bertz CT molecular complexity index is 884. The number of carbonyl (C=O) groups is 2. The van der Waals surface area contributed by atoms with Gasteiger partial charge >= 0.3 is 0 Å². The van der Waals surface area contributed by atoms with E-state index in [1.165, 1.54) is 14.2 Å². The molecule has 4 atom stereocenters. The highest BCUT2D eigenvalue weighted by Crippen LogP contribution is 2.53. The summed E-state index contributed by atoms with van der Waals surface area (Å²) in [4.78, 5) is 27.9. The second-order valence-electron chi connectivity index (χ2n) is 7.51. The van der Waals surface area contributed by atoms with Gasteiger partial charge in [-0.15, -0.1) is 0 Å². The van der Waals surface area contributed by atoms with Crippen LogP contribution in [-0.4, -0.2) is 63.9 Å². The Morgan fingerprint density at radius 2 is 2.10 bits per heavy atom. The maximum Gasteiger partial charge on any atom is 0.234 e. The van der Waals surface area contributed by atoms with Crippen LogP contribution in [0.1, 0.15) is 0 Å². The summed E-state index contributed by atoms with van der Waals surface area (Å²) < 4.78 is 27.1. The molecule has 0 aromatic heterocycles. The molecule has 4 heterocycles. The minimum Gasteiger partial charge on any atom is -0.454 e. The molecule has 0 unspecified atom stereocenters. The van der Waals surface area contributed by atoms with Gasteiger partial charge in [-0.2, -0.15) is 0 Å². The van der Waals surface area contributed by atoms with E-state index < -0.39 is 29.8 Å². The second kappa shape index (κ2) is 6.72. The van der Waals surface area contributed by atoms with Crippen LogP contribution in [0.2, 0.25) is 0 Å². The summed E-state index contributed by atoms with van der Waals surface area (Å²) in [6.45, 7) is 0.712. The predicted octanol–water partition coefficient (Wildman–Crippen LogP) is 0.437. The summed E-state index contributed by atoms with van der Waals surface area (Å²) in [5, 5.41) is 2.82. The number of nitrogens with zero attached hydrogens (tertiary/aromatic N) is 1. The van der Waals surface area contributed by atoms with Crippen molar-refractivity contribution in [2.45, 2.75) is 18.0 Å². The molecule has 2 fully saturated rings. The molecular weight excluding hydrogens is 380 g/mol. The van der Waals surface area contributed by atoms with Crippen molar-refractivity contribution in [2.75, 3.05) is 39.0 Å². The molecule has 0 saturated carbocycles. The van der Waals surface area contributed by atoms with Crippen molar-refractivity contribution in [3.8, 4) is 11.5 Å². The second-order valence-corrected chi connectivity index (χ2v) is 7.51. The van der Waals surface area contributed by atoms with Crippen molar-refractivity contribution in [2.24, 2.45) is 11.8 Å². The Morgan fingerprint density at radius 1 is 1.31 bits per heavy atom. The maximum absolute atomic E-state index is 13.3. The average Bonchev–Trinajstić information content (AvgIpc) is 3.48. The Hall–Kier alpha value is -2.62. The van der Waals surface area contributed by atoms with Gasteiger partial charge in [0.15, 0.2) is 17.8 Å². The fraction of sp³-hybridized carbons (Fsp3) is 0.500. The lowest BCUT2D eigenvalue weighted by Gasteiger charge is -2.24. The number of ether oxygens (including phenoxy) is 5. The monoisotopic (exact) mass is 402 g/mol. The number of carbonyl (C=O) groups excluding carboxylic acids is 2. The summed E-state index contributed by atoms with van der Waals surface area (Å²) in [7, 11) is 3.00. The van der Waals surface area contributed by atoms with Crippen molar-refractivity contribution < 1.29 is 33.3 Å². The zero-order valence-corrected chi connectivity index (χ0v) is 16.1. The van der Waals surface area contributed by atoms with Crippen LogP contribution in [0.25, 0.3) is 0 Å². The van der Waals surface area contributed by atoms with Crippen molar-refractivity contribution in [1.82, 2.24) is 5.32 Å². The van der Waals surface area contributed by atoms with Crippen molar-refractivity contribution >= 4 is 17.5 Å². The molecule has 1 aromatic carbocycles. The molecule has 9 heteroatoms. The average molecular weight is 402 g/mol. The van der Waals surface area contributed by atoms with E-state index in [1.807, 2.05) is 18.2 Å². The highest BCUT2D eigenvalue weighted by molar-refractivity contribution is 6.03. The number of amides is 2. The van der Waals surface area contributed by atoms with Crippen LogP contribution in [0.15, 0.2) is 30.4 Å². The highest BCUT2D eigenvalue weighted by atomic mass is 16.7. The van der Waals surface area contributed by atoms with Gasteiger partial charge in [-0.25, -0.2) is 0 Å². The molecule has 2 bridgehead atoms. The molecule has 5 rings (SSSR count). The Kier molecular flexibility index (Phi) is 4.27. The molecule has 1 aromatic rings. The van der Waals surface area contributed by atoms with Crippen LogP contribution in [0, 0.1) is 11.8 Å². The third-order valence-electron chi connectivity index (χ3n) is 6.04. The third kappa shape index (κ3) is 2.72. The van der Waals surface area contributed by atoms with Crippen LogP contribution in [-0.2, 0) is 23.8 Å². The highest BCUT2D eigenvalue weighted by Gasteiger charge is 2.67. The molecular formula is C20H22N2O7. The molecule has 4 aliphatic rings. The first-order chi connectivity index (χ1) is 14.1. The Balaban J connectivity index is 1.38. The van der Waals surface area contributed by atoms with E-state index in [0.29, 0.717) is 23.7 Å². The largest absolute Gasteiger partial charge is 0.454 e. The van der Waals surface area contributed by atoms with Crippen LogP contribution >= 0.6 is 0 Å². The molecule has 1 N–H and O–H groups in total. The van der Waals surface area contributed by atoms with Gasteiger partial charge in [0.1, 0.15) is 5.60 Å². The number of hydrogen-bond donors (Lipinski definition) is 1.